The van der Waals surface area contributed by atoms with E-state index in [9.17, 15) is 0 Å². The first-order chi connectivity index (χ1) is 8.27. The fraction of sp³-hybridized carbons (Fsp3) is 0.0714. The largest absolute Gasteiger partial charge is 2.00 e. The average Bonchev–Trinajstić information content (AvgIpc) is 2.38. The molecular weight excluding hydrogens is 294 g/mol. The molecule has 2 nitrogen and oxygen atoms in total. The monoisotopic (exact) mass is 306 g/mol. The first-order valence-corrected chi connectivity index (χ1v) is 5.84. The van der Waals surface area contributed by atoms with Crippen LogP contribution < -0.4 is 11.1 Å². The van der Waals surface area contributed by atoms with Gasteiger partial charge in [0.05, 0.1) is 6.04 Å². The van der Waals surface area contributed by atoms with E-state index < -0.39 is 0 Å². The molecule has 0 atom stereocenters. The van der Waals surface area contributed by atoms with Crippen LogP contribution in [0, 0.1) is 0 Å². The molecule has 0 heterocycles. The summed E-state index contributed by atoms with van der Waals surface area (Å²) in [6, 6.07) is 20.3. The first kappa shape index (κ1) is 14.8. The van der Waals surface area contributed by atoms with Crippen LogP contribution in [0.3, 0.4) is 0 Å². The van der Waals surface area contributed by atoms with Gasteiger partial charge in [0.15, 0.2) is 5.11 Å². The van der Waals surface area contributed by atoms with Crippen LogP contribution in [0.1, 0.15) is 17.2 Å². The molecule has 0 fully saturated rings. The zero-order valence-corrected chi connectivity index (χ0v) is 13.8. The minimum Gasteiger partial charge on any atom is -0.376 e. The Morgan fingerprint density at radius 3 is 1.61 bits per heavy atom. The van der Waals surface area contributed by atoms with Gasteiger partial charge >= 0.3 is 19.5 Å². The Balaban J connectivity index is 0.00000162. The Morgan fingerprint density at radius 2 is 1.28 bits per heavy atom. The van der Waals surface area contributed by atoms with Crippen LogP contribution >= 0.6 is 12.2 Å². The van der Waals surface area contributed by atoms with Gasteiger partial charge in [-0.2, -0.15) is 0 Å². The van der Waals surface area contributed by atoms with E-state index >= 15 is 0 Å². The number of hydrogen-bond donors (Lipinski definition) is 2. The van der Waals surface area contributed by atoms with Crippen molar-refractivity contribution < 1.29 is 19.5 Å². The normalized spacial score (nSPS) is 9.61. The van der Waals surface area contributed by atoms with Gasteiger partial charge in [0, 0.05) is 0 Å². The SMILES string of the molecule is NC(=S)NC(c1ccccc1)c1ccccc1.[Zn+2]. The molecule has 3 N–H and O–H groups in total. The maximum absolute atomic E-state index is 5.59. The Kier molecular flexibility index (Phi) is 5.96. The molecule has 4 heteroatoms. The predicted molar refractivity (Wildman–Crippen MR) is 74.6 cm³/mol. The summed E-state index contributed by atoms with van der Waals surface area (Å²) in [6.07, 6.45) is 0. The van der Waals surface area contributed by atoms with Gasteiger partial charge in [-0.05, 0) is 23.3 Å². The maximum atomic E-state index is 5.59. The van der Waals surface area contributed by atoms with E-state index in [1.807, 2.05) is 36.4 Å². The second-order valence-electron chi connectivity index (χ2n) is 3.76. The maximum Gasteiger partial charge on any atom is 2.00 e. The van der Waals surface area contributed by atoms with Crippen molar-refractivity contribution in [3.05, 3.63) is 71.8 Å². The topological polar surface area (TPSA) is 38.0 Å². The second-order valence-corrected chi connectivity index (χ2v) is 4.20. The number of thiocarbonyl (C=S) groups is 1. The van der Waals surface area contributed by atoms with Crippen molar-refractivity contribution in [2.45, 2.75) is 6.04 Å². The Morgan fingerprint density at radius 1 is 0.889 bits per heavy atom. The van der Waals surface area contributed by atoms with Crippen LogP contribution in [-0.4, -0.2) is 5.11 Å². The molecule has 0 radical (unpaired) electrons. The fourth-order valence-corrected chi connectivity index (χ4v) is 1.91. The Bertz CT molecular complexity index is 448. The van der Waals surface area contributed by atoms with Crippen LogP contribution in [0.4, 0.5) is 0 Å². The molecule has 0 spiro atoms. The molecule has 0 saturated heterocycles. The number of hydrogen-bond acceptors (Lipinski definition) is 1. The molecule has 86 valence electrons. The molecule has 0 aliphatic rings. The van der Waals surface area contributed by atoms with Gasteiger partial charge in [0.2, 0.25) is 0 Å². The van der Waals surface area contributed by atoms with Crippen LogP contribution in [0.25, 0.3) is 0 Å². The van der Waals surface area contributed by atoms with Gasteiger partial charge in [0.25, 0.3) is 0 Å². The average molecular weight is 308 g/mol. The fourth-order valence-electron chi connectivity index (χ4n) is 1.79. The van der Waals surface area contributed by atoms with E-state index in [-0.39, 0.29) is 25.5 Å². The molecular formula is C14H14N2SZn+2. The van der Waals surface area contributed by atoms with Crippen molar-refractivity contribution in [3.63, 3.8) is 0 Å². The molecule has 2 aromatic carbocycles. The second kappa shape index (κ2) is 7.25. The van der Waals surface area contributed by atoms with Gasteiger partial charge in [-0.25, -0.2) is 0 Å². The third-order valence-corrected chi connectivity index (χ3v) is 2.67. The predicted octanol–water partition coefficient (Wildman–Crippen LogP) is 2.61. The van der Waals surface area contributed by atoms with Crippen molar-refractivity contribution in [1.29, 1.82) is 0 Å². The third kappa shape index (κ3) is 3.90. The number of rotatable bonds is 3. The van der Waals surface area contributed by atoms with E-state index in [1.165, 1.54) is 0 Å². The van der Waals surface area contributed by atoms with Crippen LogP contribution in [0.5, 0.6) is 0 Å². The van der Waals surface area contributed by atoms with E-state index in [0.717, 1.165) is 11.1 Å². The molecule has 0 aliphatic carbocycles. The van der Waals surface area contributed by atoms with Gasteiger partial charge in [0.1, 0.15) is 0 Å². The molecule has 2 aromatic rings. The quantitative estimate of drug-likeness (QED) is 0.676. The van der Waals surface area contributed by atoms with Crippen molar-refractivity contribution in [3.8, 4) is 0 Å². The van der Waals surface area contributed by atoms with Crippen molar-refractivity contribution >= 4 is 17.3 Å². The molecule has 0 bridgehead atoms. The van der Waals surface area contributed by atoms with E-state index in [1.54, 1.807) is 0 Å². The summed E-state index contributed by atoms with van der Waals surface area (Å²) in [4.78, 5) is 0. The first-order valence-electron chi connectivity index (χ1n) is 5.43. The number of nitrogens with one attached hydrogen (secondary N) is 1. The zero-order chi connectivity index (χ0) is 12.1. The number of benzene rings is 2. The summed E-state index contributed by atoms with van der Waals surface area (Å²) in [5.41, 5.74) is 7.88. The Hall–Kier alpha value is -1.25. The van der Waals surface area contributed by atoms with Crippen molar-refractivity contribution in [2.24, 2.45) is 5.73 Å². The molecule has 0 unspecified atom stereocenters. The summed E-state index contributed by atoms with van der Waals surface area (Å²) in [7, 11) is 0. The molecule has 0 aromatic heterocycles. The van der Waals surface area contributed by atoms with E-state index in [4.69, 9.17) is 18.0 Å². The summed E-state index contributed by atoms with van der Waals surface area (Å²) in [5.74, 6) is 0. The minimum atomic E-state index is 0. The minimum absolute atomic E-state index is 0. The standard InChI is InChI=1S/C14H14N2S.Zn/c15-14(17)16-13(11-7-3-1-4-8-11)12-9-5-2-6-10-12;/h1-10,13H,(H3,15,16,17);/q;+2. The molecule has 2 rings (SSSR count). The molecule has 0 saturated carbocycles. The Labute approximate surface area is 125 Å². The van der Waals surface area contributed by atoms with Gasteiger partial charge in [-0.1, -0.05) is 60.7 Å². The molecule has 18 heavy (non-hydrogen) atoms. The summed E-state index contributed by atoms with van der Waals surface area (Å²) in [6.45, 7) is 0. The van der Waals surface area contributed by atoms with Crippen LogP contribution in [-0.2, 0) is 19.5 Å². The summed E-state index contributed by atoms with van der Waals surface area (Å²) in [5, 5.41) is 3.43. The molecule has 0 amide bonds. The summed E-state index contributed by atoms with van der Waals surface area (Å²) >= 11 is 4.94. The smallest absolute Gasteiger partial charge is 0.376 e. The van der Waals surface area contributed by atoms with Crippen molar-refractivity contribution in [2.75, 3.05) is 0 Å². The zero-order valence-electron chi connectivity index (χ0n) is 10.0. The van der Waals surface area contributed by atoms with Gasteiger partial charge in [-0.3, -0.25) is 0 Å². The summed E-state index contributed by atoms with van der Waals surface area (Å²) < 4.78 is 0. The van der Waals surface area contributed by atoms with Crippen molar-refractivity contribution in [1.82, 2.24) is 5.32 Å². The van der Waals surface area contributed by atoms with Crippen LogP contribution in [0.2, 0.25) is 0 Å². The van der Waals surface area contributed by atoms with Crippen LogP contribution in [0.15, 0.2) is 60.7 Å². The molecule has 0 aliphatic heterocycles. The van der Waals surface area contributed by atoms with Gasteiger partial charge < -0.3 is 11.1 Å². The van der Waals surface area contributed by atoms with Gasteiger partial charge in [-0.15, -0.1) is 0 Å². The number of nitrogens with two attached hydrogens (primary N) is 1. The van der Waals surface area contributed by atoms with E-state index in [2.05, 4.69) is 29.6 Å². The van der Waals surface area contributed by atoms with E-state index in [0.29, 0.717) is 5.11 Å². The third-order valence-electron chi connectivity index (χ3n) is 2.55.